The molecule has 0 saturated heterocycles. The summed E-state index contributed by atoms with van der Waals surface area (Å²) >= 11 is 0. The molecule has 216 valence electrons. The van der Waals surface area contributed by atoms with Crippen LogP contribution in [0.2, 0.25) is 0 Å². The Bertz CT molecular complexity index is 1250. The van der Waals surface area contributed by atoms with E-state index in [9.17, 15) is 18.3 Å². The first-order chi connectivity index (χ1) is 19.1. The van der Waals surface area contributed by atoms with Crippen LogP contribution in [0.5, 0.6) is 0 Å². The van der Waals surface area contributed by atoms with Gasteiger partial charge in [0.05, 0.1) is 17.5 Å². The van der Waals surface area contributed by atoms with Crippen LogP contribution < -0.4 is 16.8 Å². The number of aliphatic hydroxyl groups is 1. The van der Waals surface area contributed by atoms with E-state index in [1.165, 1.54) is 16.4 Å². The summed E-state index contributed by atoms with van der Waals surface area (Å²) < 4.78 is 28.3. The first kappa shape index (κ1) is 31.3. The molecule has 0 fully saturated rings. The number of amides is 1. The minimum atomic E-state index is -3.82. The topological polar surface area (TPSA) is 139 Å². The molecule has 0 heterocycles. The molecule has 0 aliphatic rings. The number of hydrogen-bond donors (Lipinski definition) is 4. The lowest BCUT2D eigenvalue weighted by Gasteiger charge is -2.31. The number of carbonyl (C=O) groups excluding carboxylic acids is 1. The van der Waals surface area contributed by atoms with E-state index in [1.54, 1.807) is 12.1 Å². The van der Waals surface area contributed by atoms with Gasteiger partial charge < -0.3 is 21.9 Å². The van der Waals surface area contributed by atoms with Crippen LogP contribution in [0, 0.1) is 5.92 Å². The molecule has 0 bridgehead atoms. The van der Waals surface area contributed by atoms with Crippen molar-refractivity contribution < 1.29 is 18.3 Å². The maximum absolute atomic E-state index is 13.4. The van der Waals surface area contributed by atoms with Crippen LogP contribution >= 0.6 is 0 Å². The molecule has 8 nitrogen and oxygen atoms in total. The SMILES string of the molecule is CC(C)CN(C(CO)CCCCNC(=O)C(N)C(c1ccccc1)c1ccccc1)S(=O)(=O)c1ccc(N)cc1. The van der Waals surface area contributed by atoms with Gasteiger partial charge in [0, 0.05) is 30.7 Å². The van der Waals surface area contributed by atoms with Gasteiger partial charge in [0.15, 0.2) is 0 Å². The fourth-order valence-electron chi connectivity index (χ4n) is 4.82. The lowest BCUT2D eigenvalue weighted by molar-refractivity contribution is -0.122. The van der Waals surface area contributed by atoms with Crippen LogP contribution in [-0.2, 0) is 14.8 Å². The molecule has 2 unspecified atom stereocenters. The highest BCUT2D eigenvalue weighted by molar-refractivity contribution is 7.89. The van der Waals surface area contributed by atoms with E-state index in [0.29, 0.717) is 31.5 Å². The van der Waals surface area contributed by atoms with Crippen molar-refractivity contribution in [2.45, 2.75) is 56.0 Å². The van der Waals surface area contributed by atoms with E-state index in [4.69, 9.17) is 11.5 Å². The molecule has 0 spiro atoms. The number of nitrogen functional groups attached to an aromatic ring is 1. The number of sulfonamides is 1. The molecule has 2 atom stereocenters. The Morgan fingerprint density at radius 2 is 1.45 bits per heavy atom. The average molecular weight is 567 g/mol. The van der Waals surface area contributed by atoms with Crippen molar-refractivity contribution in [3.05, 3.63) is 96.1 Å². The molecular weight excluding hydrogens is 524 g/mol. The molecule has 0 saturated carbocycles. The number of nitrogens with one attached hydrogen (secondary N) is 1. The van der Waals surface area contributed by atoms with Crippen molar-refractivity contribution in [1.82, 2.24) is 9.62 Å². The lowest BCUT2D eigenvalue weighted by atomic mass is 9.85. The Kier molecular flexibility index (Phi) is 11.7. The number of rotatable bonds is 15. The second-order valence-corrected chi connectivity index (χ2v) is 12.4. The molecule has 9 heteroatoms. The van der Waals surface area contributed by atoms with E-state index in [-0.39, 0.29) is 35.8 Å². The summed E-state index contributed by atoms with van der Waals surface area (Å²) in [4.78, 5) is 13.2. The molecular formula is C31H42N4O4S. The van der Waals surface area contributed by atoms with Crippen LogP contribution in [0.1, 0.15) is 50.2 Å². The summed E-state index contributed by atoms with van der Waals surface area (Å²) in [6, 6.07) is 24.2. The molecule has 3 aromatic carbocycles. The highest BCUT2D eigenvalue weighted by atomic mass is 32.2. The van der Waals surface area contributed by atoms with Crippen molar-refractivity contribution in [2.75, 3.05) is 25.4 Å². The summed E-state index contributed by atoms with van der Waals surface area (Å²) in [5, 5.41) is 13.1. The van der Waals surface area contributed by atoms with Crippen LogP contribution in [-0.4, -0.2) is 55.5 Å². The zero-order chi connectivity index (χ0) is 29.1. The standard InChI is InChI=1S/C31H42N4O4S/c1-23(2)21-35(40(38,39)28-18-16-26(32)17-19-28)27(22-36)15-9-10-20-34-31(37)30(33)29(24-11-5-3-6-12-24)25-13-7-4-8-14-25/h3-8,11-14,16-19,23,27,29-30,36H,9-10,15,20-22,32-33H2,1-2H3,(H,34,37). The summed E-state index contributed by atoms with van der Waals surface area (Å²) in [6.07, 6.45) is 1.69. The molecule has 0 aliphatic heterocycles. The van der Waals surface area contributed by atoms with Gasteiger partial charge in [-0.05, 0) is 54.2 Å². The van der Waals surface area contributed by atoms with Gasteiger partial charge >= 0.3 is 0 Å². The van der Waals surface area contributed by atoms with Gasteiger partial charge in [0.1, 0.15) is 0 Å². The van der Waals surface area contributed by atoms with E-state index >= 15 is 0 Å². The summed E-state index contributed by atoms with van der Waals surface area (Å²) in [5.41, 5.74) is 14.6. The van der Waals surface area contributed by atoms with E-state index in [1.807, 2.05) is 74.5 Å². The minimum Gasteiger partial charge on any atom is -0.399 e. The Balaban J connectivity index is 1.60. The number of aliphatic hydroxyl groups excluding tert-OH is 1. The molecule has 3 aromatic rings. The van der Waals surface area contributed by atoms with Crippen molar-refractivity contribution in [1.29, 1.82) is 0 Å². The lowest BCUT2D eigenvalue weighted by Crippen LogP contribution is -2.45. The quantitative estimate of drug-likeness (QED) is 0.163. The Morgan fingerprint density at radius 3 is 1.95 bits per heavy atom. The fourth-order valence-corrected chi connectivity index (χ4v) is 6.63. The van der Waals surface area contributed by atoms with Gasteiger partial charge in [-0.3, -0.25) is 4.79 Å². The summed E-state index contributed by atoms with van der Waals surface area (Å²) in [7, 11) is -3.82. The number of benzene rings is 3. The molecule has 3 rings (SSSR count). The van der Waals surface area contributed by atoms with Crippen molar-refractivity contribution in [2.24, 2.45) is 11.7 Å². The first-order valence-electron chi connectivity index (χ1n) is 13.8. The number of carbonyl (C=O) groups is 1. The van der Waals surface area contributed by atoms with Crippen molar-refractivity contribution in [3.8, 4) is 0 Å². The van der Waals surface area contributed by atoms with Gasteiger partial charge in [-0.25, -0.2) is 8.42 Å². The summed E-state index contributed by atoms with van der Waals surface area (Å²) in [5.74, 6) is -0.464. The Morgan fingerprint density at radius 1 is 0.900 bits per heavy atom. The fraction of sp³-hybridized carbons (Fsp3) is 0.387. The second kappa shape index (κ2) is 14.9. The number of anilines is 1. The van der Waals surface area contributed by atoms with Crippen molar-refractivity contribution >= 4 is 21.6 Å². The van der Waals surface area contributed by atoms with Gasteiger partial charge in [0.2, 0.25) is 15.9 Å². The Labute approximate surface area is 238 Å². The van der Waals surface area contributed by atoms with Crippen LogP contribution in [0.15, 0.2) is 89.8 Å². The first-order valence-corrected chi connectivity index (χ1v) is 15.2. The third kappa shape index (κ3) is 8.38. The van der Waals surface area contributed by atoms with Crippen LogP contribution in [0.3, 0.4) is 0 Å². The third-order valence-corrected chi connectivity index (χ3v) is 8.82. The van der Waals surface area contributed by atoms with E-state index in [0.717, 1.165) is 11.1 Å². The monoisotopic (exact) mass is 566 g/mol. The summed E-state index contributed by atoms with van der Waals surface area (Å²) in [6.45, 7) is 4.27. The maximum atomic E-state index is 13.4. The number of nitrogens with two attached hydrogens (primary N) is 2. The normalized spacial score (nSPS) is 13.5. The highest BCUT2D eigenvalue weighted by Crippen LogP contribution is 2.27. The van der Waals surface area contributed by atoms with Gasteiger partial charge in [-0.15, -0.1) is 0 Å². The highest BCUT2D eigenvalue weighted by Gasteiger charge is 2.32. The van der Waals surface area contributed by atoms with E-state index in [2.05, 4.69) is 5.32 Å². The molecule has 1 amide bonds. The number of unbranched alkanes of at least 4 members (excludes halogenated alkanes) is 1. The average Bonchev–Trinajstić information content (AvgIpc) is 2.95. The van der Waals surface area contributed by atoms with Gasteiger partial charge in [-0.1, -0.05) is 80.9 Å². The zero-order valence-electron chi connectivity index (χ0n) is 23.3. The van der Waals surface area contributed by atoms with Crippen molar-refractivity contribution in [3.63, 3.8) is 0 Å². The van der Waals surface area contributed by atoms with Gasteiger partial charge in [0.25, 0.3) is 0 Å². The van der Waals surface area contributed by atoms with E-state index < -0.39 is 22.1 Å². The maximum Gasteiger partial charge on any atom is 0.243 e. The molecule has 0 radical (unpaired) electrons. The third-order valence-electron chi connectivity index (χ3n) is 6.89. The zero-order valence-corrected chi connectivity index (χ0v) is 24.1. The largest absolute Gasteiger partial charge is 0.399 e. The molecule has 0 aliphatic carbocycles. The minimum absolute atomic E-state index is 0.0700. The molecule has 40 heavy (non-hydrogen) atoms. The number of nitrogens with zero attached hydrogens (tertiary/aromatic N) is 1. The smallest absolute Gasteiger partial charge is 0.243 e. The number of hydrogen-bond acceptors (Lipinski definition) is 6. The van der Waals surface area contributed by atoms with Crippen LogP contribution in [0.4, 0.5) is 5.69 Å². The molecule has 6 N–H and O–H groups in total. The Hall–Kier alpha value is -3.24. The predicted molar refractivity (Wildman–Crippen MR) is 160 cm³/mol. The van der Waals surface area contributed by atoms with Gasteiger partial charge in [-0.2, -0.15) is 4.31 Å². The van der Waals surface area contributed by atoms with Crippen LogP contribution in [0.25, 0.3) is 0 Å². The molecule has 0 aromatic heterocycles. The predicted octanol–water partition coefficient (Wildman–Crippen LogP) is 3.72. The second-order valence-electron chi connectivity index (χ2n) is 10.5.